The van der Waals surface area contributed by atoms with Gasteiger partial charge in [-0.1, -0.05) is 24.3 Å². The van der Waals surface area contributed by atoms with E-state index in [0.29, 0.717) is 66.7 Å². The lowest BCUT2D eigenvalue weighted by molar-refractivity contribution is -0.172. The van der Waals surface area contributed by atoms with Gasteiger partial charge in [0.15, 0.2) is 0 Å². The largest absolute Gasteiger partial charge is 0.481 e. The molecule has 3 rings (SSSR count). The molecule has 0 atom stereocenters. The molecule has 1 saturated heterocycles. The van der Waals surface area contributed by atoms with Gasteiger partial charge in [0.25, 0.3) is 17.7 Å². The number of nitrogens with two attached hydrogens (primary N) is 1. The molecule has 2 aromatic carbocycles. The highest BCUT2D eigenvalue weighted by Crippen LogP contribution is 2.14. The molecule has 2 aromatic rings. The van der Waals surface area contributed by atoms with E-state index in [2.05, 4.69) is 5.32 Å². The number of nitrogens with zero attached hydrogens (tertiary/aromatic N) is 1. The van der Waals surface area contributed by atoms with Gasteiger partial charge in [0.1, 0.15) is 12.6 Å². The van der Waals surface area contributed by atoms with Crippen LogP contribution in [0.15, 0.2) is 48.5 Å². The van der Waals surface area contributed by atoms with Gasteiger partial charge in [0, 0.05) is 48.9 Å². The number of rotatable bonds is 14. The van der Waals surface area contributed by atoms with Crippen molar-refractivity contribution in [1.82, 2.24) is 10.4 Å². The molecule has 44 heavy (non-hydrogen) atoms. The number of nitrogens with one attached hydrogen (secondary N) is 1. The fraction of sp³-hybridized carbons (Fsp3) is 0.333. The van der Waals surface area contributed by atoms with Crippen molar-refractivity contribution in [3.63, 3.8) is 0 Å². The first-order valence-electron chi connectivity index (χ1n) is 13.6. The maximum Gasteiger partial charge on any atom is 0.363 e. The van der Waals surface area contributed by atoms with Crippen molar-refractivity contribution in [3.05, 3.63) is 70.8 Å². The predicted molar refractivity (Wildman–Crippen MR) is 155 cm³/mol. The molecule has 0 radical (unpaired) electrons. The van der Waals surface area contributed by atoms with Gasteiger partial charge in [0.2, 0.25) is 0 Å². The summed E-state index contributed by atoms with van der Waals surface area (Å²) < 4.78 is 0. The summed E-state index contributed by atoms with van der Waals surface area (Å²) in [4.78, 5) is 91.4. The third-order valence-electron chi connectivity index (χ3n) is 5.72. The molecule has 5 N–H and O–H groups in total. The van der Waals surface area contributed by atoms with Gasteiger partial charge < -0.3 is 26.1 Å². The van der Waals surface area contributed by atoms with Crippen LogP contribution in [0.3, 0.4) is 0 Å². The Morgan fingerprint density at radius 1 is 0.750 bits per heavy atom. The van der Waals surface area contributed by atoms with E-state index in [1.807, 2.05) is 0 Å². The Kier molecular flexibility index (Phi) is 17.2. The maximum atomic E-state index is 11.6. The average molecular weight is 614 g/mol. The van der Waals surface area contributed by atoms with E-state index < -0.39 is 29.7 Å². The van der Waals surface area contributed by atoms with Gasteiger partial charge in [0.05, 0.1) is 5.56 Å². The van der Waals surface area contributed by atoms with Gasteiger partial charge in [-0.15, -0.1) is 5.06 Å². The first kappa shape index (κ1) is 36.8. The van der Waals surface area contributed by atoms with Gasteiger partial charge in [-0.2, -0.15) is 0 Å². The molecule has 236 valence electrons. The van der Waals surface area contributed by atoms with Crippen molar-refractivity contribution in [1.29, 1.82) is 0 Å². The van der Waals surface area contributed by atoms with Crippen LogP contribution in [0.1, 0.15) is 92.8 Å². The summed E-state index contributed by atoms with van der Waals surface area (Å²) in [7, 11) is 0. The maximum absolute atomic E-state index is 11.6. The molecule has 1 aliphatic heterocycles. The Bertz CT molecular complexity index is 1280. The van der Waals surface area contributed by atoms with Gasteiger partial charge in [-0.3, -0.25) is 33.6 Å². The number of aliphatic carboxylic acids is 2. The molecule has 14 heteroatoms. The number of amides is 3. The van der Waals surface area contributed by atoms with E-state index in [-0.39, 0.29) is 37.2 Å². The van der Waals surface area contributed by atoms with Crippen molar-refractivity contribution in [2.24, 2.45) is 5.73 Å². The Balaban J connectivity index is 0.000000356. The molecule has 1 aliphatic rings. The van der Waals surface area contributed by atoms with Crippen LogP contribution in [0.25, 0.3) is 0 Å². The van der Waals surface area contributed by atoms with Crippen molar-refractivity contribution < 1.29 is 53.4 Å². The Morgan fingerprint density at radius 2 is 1.20 bits per heavy atom. The first-order chi connectivity index (χ1) is 21.0. The fourth-order valence-corrected chi connectivity index (χ4v) is 3.33. The van der Waals surface area contributed by atoms with Crippen LogP contribution >= 0.6 is 0 Å². The van der Waals surface area contributed by atoms with Crippen LogP contribution in [0.5, 0.6) is 0 Å². The number of hydrogen-bond acceptors (Lipinski definition) is 10. The van der Waals surface area contributed by atoms with Crippen LogP contribution in [-0.4, -0.2) is 76.6 Å². The minimum Gasteiger partial charge on any atom is -0.481 e. The van der Waals surface area contributed by atoms with Crippen molar-refractivity contribution in [2.75, 3.05) is 13.1 Å². The van der Waals surface area contributed by atoms with E-state index in [0.717, 1.165) is 6.42 Å². The van der Waals surface area contributed by atoms with Crippen LogP contribution in [0, 0.1) is 0 Å². The summed E-state index contributed by atoms with van der Waals surface area (Å²) >= 11 is 0. The van der Waals surface area contributed by atoms with Crippen molar-refractivity contribution in [3.8, 4) is 0 Å². The number of carboxylic acids is 2. The molecule has 14 nitrogen and oxygen atoms in total. The highest BCUT2D eigenvalue weighted by molar-refractivity contribution is 6.02. The Labute approximate surface area is 253 Å². The lowest BCUT2D eigenvalue weighted by Gasteiger charge is -2.12. The first-order valence-corrected chi connectivity index (χ1v) is 13.6. The minimum absolute atomic E-state index is 0.0518. The van der Waals surface area contributed by atoms with Crippen LogP contribution < -0.4 is 11.1 Å². The van der Waals surface area contributed by atoms with Crippen molar-refractivity contribution in [2.45, 2.75) is 51.4 Å². The Morgan fingerprint density at radius 3 is 1.64 bits per heavy atom. The molecule has 1 fully saturated rings. The van der Waals surface area contributed by atoms with Crippen LogP contribution in [0.4, 0.5) is 0 Å². The third kappa shape index (κ3) is 14.6. The summed E-state index contributed by atoms with van der Waals surface area (Å²) in [5, 5.41) is 19.7. The summed E-state index contributed by atoms with van der Waals surface area (Å²) in [6.07, 6.45) is 4.51. The molecule has 0 aliphatic carbocycles. The van der Waals surface area contributed by atoms with E-state index in [4.69, 9.17) is 20.8 Å². The van der Waals surface area contributed by atoms with Crippen molar-refractivity contribution >= 4 is 48.2 Å². The smallest absolute Gasteiger partial charge is 0.363 e. The van der Waals surface area contributed by atoms with E-state index >= 15 is 0 Å². The van der Waals surface area contributed by atoms with E-state index in [1.165, 1.54) is 24.3 Å². The highest BCUT2D eigenvalue weighted by Gasteiger charge is 2.33. The SMILES string of the molecule is NCCCCC(=O)O.O=Cc1ccc(C(=O)NCCCCC(=O)O)cc1.O=Cc1ccc(C(=O)ON2C(=O)CCC2=O)cc1. The quantitative estimate of drug-likeness (QED) is 0.137. The number of carbonyl (C=O) groups is 8. The zero-order valence-corrected chi connectivity index (χ0v) is 23.9. The predicted octanol–water partition coefficient (Wildman–Crippen LogP) is 2.40. The third-order valence-corrected chi connectivity index (χ3v) is 5.72. The van der Waals surface area contributed by atoms with Gasteiger partial charge in [-0.25, -0.2) is 4.79 Å². The second kappa shape index (κ2) is 20.6. The average Bonchev–Trinajstić information content (AvgIpc) is 3.33. The molecule has 0 unspecified atom stereocenters. The monoisotopic (exact) mass is 613 g/mol. The van der Waals surface area contributed by atoms with Crippen LogP contribution in [-0.2, 0) is 24.0 Å². The molecule has 0 spiro atoms. The number of unbranched alkanes of at least 4 members (excludes halogenated alkanes) is 2. The molecular formula is C30H35N3O11. The fourth-order valence-electron chi connectivity index (χ4n) is 3.33. The number of benzene rings is 2. The number of carboxylic acid groups (broad SMARTS) is 2. The lowest BCUT2D eigenvalue weighted by atomic mass is 10.1. The number of carbonyl (C=O) groups excluding carboxylic acids is 6. The lowest BCUT2D eigenvalue weighted by Crippen LogP contribution is -2.32. The molecular weight excluding hydrogens is 578 g/mol. The normalized spacial score (nSPS) is 11.7. The number of hydrogen-bond donors (Lipinski definition) is 4. The zero-order valence-electron chi connectivity index (χ0n) is 23.9. The summed E-state index contributed by atoms with van der Waals surface area (Å²) in [6.45, 7) is 1.04. The second-order valence-corrected chi connectivity index (χ2v) is 9.19. The second-order valence-electron chi connectivity index (χ2n) is 9.19. The molecule has 0 aromatic heterocycles. The van der Waals surface area contributed by atoms with Gasteiger partial charge >= 0.3 is 17.9 Å². The van der Waals surface area contributed by atoms with E-state index in [1.54, 1.807) is 24.3 Å². The Hall–Kier alpha value is -5.24. The summed E-state index contributed by atoms with van der Waals surface area (Å²) in [5.74, 6) is -3.65. The van der Waals surface area contributed by atoms with E-state index in [9.17, 15) is 38.4 Å². The molecule has 0 bridgehead atoms. The van der Waals surface area contributed by atoms with Gasteiger partial charge in [-0.05, 0) is 56.5 Å². The minimum atomic E-state index is -0.828. The zero-order chi connectivity index (χ0) is 32.9. The molecule has 1 heterocycles. The molecule has 3 amide bonds. The van der Waals surface area contributed by atoms with Crippen LogP contribution in [0.2, 0.25) is 0 Å². The summed E-state index contributed by atoms with van der Waals surface area (Å²) in [6, 6.07) is 12.0. The summed E-state index contributed by atoms with van der Waals surface area (Å²) in [5.41, 5.74) is 6.70. The topological polar surface area (TPSA) is 228 Å². The number of hydroxylamine groups is 2. The molecule has 0 saturated carbocycles. The number of imide groups is 1. The number of aldehydes is 2. The highest BCUT2D eigenvalue weighted by atomic mass is 16.7. The standard InChI is InChI=1S/C13H15NO4.C12H9NO5.C5H11NO2/c15-9-10-4-6-11(7-5-10)13(18)14-8-2-1-3-12(16)17;14-7-8-1-3-9(4-2-8)12(17)18-13-10(15)5-6-11(13)16;6-4-2-1-3-5(7)8/h4-7,9H,1-3,8H2,(H,14,18)(H,16,17);1-4,7H,5-6H2;1-4,6H2,(H,7,8).